The Labute approximate surface area is 219 Å². The number of imide groups is 2. The quantitative estimate of drug-likeness (QED) is 0.187. The molecule has 1 heterocycles. The fraction of sp³-hybridized carbons (Fsp3) is 0.179. The Morgan fingerprint density at radius 1 is 0.892 bits per heavy atom. The zero-order valence-corrected chi connectivity index (χ0v) is 21.5. The Balaban J connectivity index is 1.47. The van der Waals surface area contributed by atoms with Crippen LogP contribution in [0.25, 0.3) is 6.08 Å². The molecule has 9 heteroatoms. The van der Waals surface area contributed by atoms with E-state index in [0.29, 0.717) is 35.1 Å². The number of anilines is 1. The van der Waals surface area contributed by atoms with Crippen LogP contribution in [0.3, 0.4) is 0 Å². The topological polar surface area (TPSA) is 94.2 Å². The van der Waals surface area contributed by atoms with E-state index in [-0.39, 0.29) is 5.57 Å². The van der Waals surface area contributed by atoms with Crippen LogP contribution in [0.4, 0.5) is 10.5 Å². The summed E-state index contributed by atoms with van der Waals surface area (Å²) in [5.74, 6) is 0.828. The smallest absolute Gasteiger partial charge is 0.335 e. The Morgan fingerprint density at radius 2 is 1.62 bits per heavy atom. The molecule has 4 rings (SSSR count). The molecule has 0 atom stereocenters. The lowest BCUT2D eigenvalue weighted by Crippen LogP contribution is -2.54. The number of amides is 4. The van der Waals surface area contributed by atoms with Crippen molar-refractivity contribution < 1.29 is 28.6 Å². The monoisotopic (exact) mass is 518 g/mol. The second-order valence-corrected chi connectivity index (χ2v) is 9.24. The van der Waals surface area contributed by atoms with Crippen molar-refractivity contribution in [1.29, 1.82) is 0 Å². The highest BCUT2D eigenvalue weighted by atomic mass is 32.2. The summed E-state index contributed by atoms with van der Waals surface area (Å²) in [4.78, 5) is 40.1. The zero-order chi connectivity index (χ0) is 26.4. The van der Waals surface area contributed by atoms with E-state index in [2.05, 4.69) is 36.5 Å². The number of nitrogens with one attached hydrogen (secondary N) is 1. The summed E-state index contributed by atoms with van der Waals surface area (Å²) in [7, 11) is 3.03. The molecule has 1 aliphatic heterocycles. The van der Waals surface area contributed by atoms with Crippen molar-refractivity contribution in [2.24, 2.45) is 0 Å². The Kier molecular flexibility index (Phi) is 8.15. The van der Waals surface area contributed by atoms with Gasteiger partial charge >= 0.3 is 6.03 Å². The number of aryl methyl sites for hydroxylation is 1. The van der Waals surface area contributed by atoms with E-state index in [1.165, 1.54) is 30.8 Å². The molecule has 3 aromatic rings. The number of barbiturate groups is 1. The molecule has 0 radical (unpaired) electrons. The van der Waals surface area contributed by atoms with Crippen molar-refractivity contribution in [3.8, 4) is 17.2 Å². The number of methoxy groups -OCH3 is 2. The third kappa shape index (κ3) is 6.13. The van der Waals surface area contributed by atoms with Crippen LogP contribution in [0.5, 0.6) is 17.2 Å². The summed E-state index contributed by atoms with van der Waals surface area (Å²) in [5.41, 5.74) is 1.89. The maximum absolute atomic E-state index is 13.1. The first-order valence-electron chi connectivity index (χ1n) is 11.5. The van der Waals surface area contributed by atoms with Crippen LogP contribution in [0.1, 0.15) is 11.1 Å². The van der Waals surface area contributed by atoms with Gasteiger partial charge in [-0.3, -0.25) is 14.9 Å². The number of nitrogens with zero attached hydrogens (tertiary/aromatic N) is 1. The van der Waals surface area contributed by atoms with E-state index < -0.39 is 17.8 Å². The van der Waals surface area contributed by atoms with Crippen molar-refractivity contribution in [3.05, 3.63) is 83.4 Å². The Morgan fingerprint density at radius 3 is 2.30 bits per heavy atom. The maximum atomic E-state index is 13.1. The molecule has 0 spiro atoms. The van der Waals surface area contributed by atoms with E-state index >= 15 is 0 Å². The molecule has 0 aromatic heterocycles. The second kappa shape index (κ2) is 11.7. The number of thioether (sulfide) groups is 1. The number of hydrogen-bond acceptors (Lipinski definition) is 7. The molecular weight excluding hydrogens is 492 g/mol. The summed E-state index contributed by atoms with van der Waals surface area (Å²) in [6.45, 7) is 2.52. The molecular formula is C28H26N2O6S. The number of ether oxygens (including phenoxy) is 3. The van der Waals surface area contributed by atoms with Crippen LogP contribution in [0.15, 0.2) is 77.2 Å². The molecule has 1 N–H and O–H groups in total. The van der Waals surface area contributed by atoms with Gasteiger partial charge in [0.2, 0.25) is 0 Å². The van der Waals surface area contributed by atoms with Crippen LogP contribution in [0, 0.1) is 6.92 Å². The lowest BCUT2D eigenvalue weighted by molar-refractivity contribution is -0.122. The van der Waals surface area contributed by atoms with Gasteiger partial charge in [0.05, 0.1) is 26.5 Å². The summed E-state index contributed by atoms with van der Waals surface area (Å²) in [6.07, 6.45) is 1.42. The third-order valence-corrected chi connectivity index (χ3v) is 6.54. The van der Waals surface area contributed by atoms with E-state index in [4.69, 9.17) is 14.2 Å². The Hall–Kier alpha value is -4.24. The molecule has 1 fully saturated rings. The van der Waals surface area contributed by atoms with Crippen LogP contribution in [-0.4, -0.2) is 44.4 Å². The van der Waals surface area contributed by atoms with Gasteiger partial charge < -0.3 is 14.2 Å². The average Bonchev–Trinajstić information content (AvgIpc) is 2.90. The van der Waals surface area contributed by atoms with Gasteiger partial charge in [0.15, 0.2) is 11.5 Å². The average molecular weight is 519 g/mol. The van der Waals surface area contributed by atoms with Crippen LogP contribution >= 0.6 is 11.8 Å². The van der Waals surface area contributed by atoms with Gasteiger partial charge in [-0.1, -0.05) is 23.8 Å². The van der Waals surface area contributed by atoms with E-state index in [0.717, 1.165) is 10.7 Å². The highest BCUT2D eigenvalue weighted by Gasteiger charge is 2.36. The number of carbonyl (C=O) groups excluding carboxylic acids is 3. The number of benzene rings is 3. The summed E-state index contributed by atoms with van der Waals surface area (Å²) in [5, 5.41) is 2.22. The predicted octanol–water partition coefficient (Wildman–Crippen LogP) is 4.85. The molecule has 4 amide bonds. The number of carbonyl (C=O) groups is 3. The number of urea groups is 1. The first kappa shape index (κ1) is 25.8. The minimum atomic E-state index is -0.817. The van der Waals surface area contributed by atoms with Gasteiger partial charge in [-0.05, 0) is 67.1 Å². The van der Waals surface area contributed by atoms with E-state index in [1.807, 2.05) is 0 Å². The molecule has 1 aliphatic rings. The number of rotatable bonds is 9. The fourth-order valence-electron chi connectivity index (χ4n) is 3.63. The predicted molar refractivity (Wildman–Crippen MR) is 142 cm³/mol. The SMILES string of the molecule is COc1ccc(N2C(=O)NC(=O)/C(=C/c3ccc(OCCSc4ccc(C)cc4)c(OC)c3)C2=O)cc1. The first-order chi connectivity index (χ1) is 17.9. The molecule has 0 saturated carbocycles. The second-order valence-electron chi connectivity index (χ2n) is 8.08. The molecule has 0 unspecified atom stereocenters. The van der Waals surface area contributed by atoms with Crippen molar-refractivity contribution >= 4 is 41.4 Å². The van der Waals surface area contributed by atoms with Gasteiger partial charge in [0, 0.05) is 10.6 Å². The zero-order valence-electron chi connectivity index (χ0n) is 20.6. The molecule has 0 bridgehead atoms. The van der Waals surface area contributed by atoms with Gasteiger partial charge in [0.1, 0.15) is 11.3 Å². The summed E-state index contributed by atoms with van der Waals surface area (Å²) >= 11 is 1.69. The van der Waals surface area contributed by atoms with Crippen molar-refractivity contribution in [3.63, 3.8) is 0 Å². The molecule has 3 aromatic carbocycles. The third-order valence-electron chi connectivity index (χ3n) is 5.56. The van der Waals surface area contributed by atoms with Gasteiger partial charge in [-0.2, -0.15) is 0 Å². The van der Waals surface area contributed by atoms with E-state index in [9.17, 15) is 14.4 Å². The maximum Gasteiger partial charge on any atom is 0.335 e. The normalized spacial score (nSPS) is 14.5. The van der Waals surface area contributed by atoms with Crippen LogP contribution in [-0.2, 0) is 9.59 Å². The highest BCUT2D eigenvalue weighted by molar-refractivity contribution is 7.99. The summed E-state index contributed by atoms with van der Waals surface area (Å²) in [6, 6.07) is 19.0. The molecule has 8 nitrogen and oxygen atoms in total. The van der Waals surface area contributed by atoms with Gasteiger partial charge in [-0.15, -0.1) is 11.8 Å². The van der Waals surface area contributed by atoms with Crippen molar-refractivity contribution in [2.75, 3.05) is 31.5 Å². The van der Waals surface area contributed by atoms with E-state index in [1.54, 1.807) is 54.2 Å². The lowest BCUT2D eigenvalue weighted by atomic mass is 10.1. The van der Waals surface area contributed by atoms with Crippen LogP contribution < -0.4 is 24.4 Å². The van der Waals surface area contributed by atoms with Crippen LogP contribution in [0.2, 0.25) is 0 Å². The minimum absolute atomic E-state index is 0.180. The molecule has 190 valence electrons. The van der Waals surface area contributed by atoms with Crippen molar-refractivity contribution in [1.82, 2.24) is 5.32 Å². The first-order valence-corrected chi connectivity index (χ1v) is 12.4. The highest BCUT2D eigenvalue weighted by Crippen LogP contribution is 2.30. The molecule has 0 aliphatic carbocycles. The lowest BCUT2D eigenvalue weighted by Gasteiger charge is -2.26. The minimum Gasteiger partial charge on any atom is -0.497 e. The standard InChI is InChI=1S/C28H26N2O6S/c1-18-4-11-22(12-5-18)37-15-14-36-24-13-6-19(17-25(24)35-3)16-23-26(31)29-28(33)30(27(23)32)20-7-9-21(34-2)10-8-20/h4-13,16-17H,14-15H2,1-3H3,(H,29,31,33)/b23-16-. The fourth-order valence-corrected chi connectivity index (χ4v) is 4.36. The van der Waals surface area contributed by atoms with Gasteiger partial charge in [-0.25, -0.2) is 9.69 Å². The largest absolute Gasteiger partial charge is 0.497 e. The summed E-state index contributed by atoms with van der Waals surface area (Å²) < 4.78 is 16.5. The van der Waals surface area contributed by atoms with Gasteiger partial charge in [0.25, 0.3) is 11.8 Å². The number of hydrogen-bond donors (Lipinski definition) is 1. The molecule has 37 heavy (non-hydrogen) atoms. The van der Waals surface area contributed by atoms with Crippen molar-refractivity contribution in [2.45, 2.75) is 11.8 Å². The molecule has 1 saturated heterocycles. The Bertz CT molecular complexity index is 1340.